The van der Waals surface area contributed by atoms with Crippen LogP contribution in [0.2, 0.25) is 0 Å². The Morgan fingerprint density at radius 3 is 2.45 bits per heavy atom. The summed E-state index contributed by atoms with van der Waals surface area (Å²) in [6.07, 6.45) is 6.95. The highest BCUT2D eigenvalue weighted by Gasteiger charge is 2.28. The fourth-order valence-corrected chi connectivity index (χ4v) is 4.14. The van der Waals surface area contributed by atoms with Crippen LogP contribution in [0.5, 0.6) is 0 Å². The van der Waals surface area contributed by atoms with Crippen LogP contribution >= 0.6 is 15.9 Å². The molecule has 1 atom stereocenters. The zero-order chi connectivity index (χ0) is 14.5. The minimum Gasteiger partial charge on any atom is -0.310 e. The molecule has 1 fully saturated rings. The Labute approximate surface area is 132 Å². The average molecular weight is 338 g/mol. The van der Waals surface area contributed by atoms with Gasteiger partial charge in [-0.25, -0.2) is 0 Å². The second-order valence-electron chi connectivity index (χ2n) is 6.23. The molecule has 1 aliphatic carbocycles. The van der Waals surface area contributed by atoms with Gasteiger partial charge in [0.2, 0.25) is 0 Å². The molecule has 0 saturated heterocycles. The van der Waals surface area contributed by atoms with Crippen LogP contribution in [-0.4, -0.2) is 6.54 Å². The Morgan fingerprint density at radius 2 is 1.90 bits per heavy atom. The van der Waals surface area contributed by atoms with Gasteiger partial charge in [-0.2, -0.15) is 0 Å². The molecule has 0 heterocycles. The zero-order valence-corrected chi connectivity index (χ0v) is 14.7. The molecule has 2 rings (SSSR count). The molecule has 0 radical (unpaired) electrons. The normalized spacial score (nSPS) is 24.6. The highest BCUT2D eigenvalue weighted by Crippen LogP contribution is 2.39. The molecule has 0 aliphatic heterocycles. The van der Waals surface area contributed by atoms with Gasteiger partial charge >= 0.3 is 0 Å². The van der Waals surface area contributed by atoms with Crippen molar-refractivity contribution in [1.82, 2.24) is 5.32 Å². The summed E-state index contributed by atoms with van der Waals surface area (Å²) in [5, 5.41) is 3.75. The third-order valence-electron chi connectivity index (χ3n) is 4.93. The number of benzene rings is 1. The fourth-order valence-electron chi connectivity index (χ4n) is 3.67. The Balaban J connectivity index is 2.14. The van der Waals surface area contributed by atoms with Gasteiger partial charge in [-0.3, -0.25) is 0 Å². The van der Waals surface area contributed by atoms with Crippen molar-refractivity contribution in [3.05, 3.63) is 33.8 Å². The highest BCUT2D eigenvalue weighted by atomic mass is 79.9. The molecule has 1 unspecified atom stereocenters. The van der Waals surface area contributed by atoms with Crippen molar-refractivity contribution in [3.8, 4) is 0 Å². The minimum absolute atomic E-state index is 0.533. The predicted octanol–water partition coefficient (Wildman–Crippen LogP) is 5.62. The lowest BCUT2D eigenvalue weighted by Gasteiger charge is -2.35. The number of hydrogen-bond acceptors (Lipinski definition) is 1. The third kappa shape index (κ3) is 3.85. The molecule has 1 N–H and O–H groups in total. The first kappa shape index (κ1) is 16.0. The van der Waals surface area contributed by atoms with E-state index >= 15 is 0 Å². The molecule has 0 bridgehead atoms. The Bertz CT molecular complexity index is 421. The maximum absolute atomic E-state index is 3.75. The standard InChI is InChI=1S/C18H28BrN/c1-4-14-6-8-15(9-7-14)18(20-5-2)17-11-10-16(19)12-13(17)3/h10-12,14-15,18,20H,4-9H2,1-3H3. The van der Waals surface area contributed by atoms with E-state index in [4.69, 9.17) is 0 Å². The molecule has 112 valence electrons. The number of aryl methyl sites for hydroxylation is 1. The monoisotopic (exact) mass is 337 g/mol. The van der Waals surface area contributed by atoms with Crippen molar-refractivity contribution < 1.29 is 0 Å². The van der Waals surface area contributed by atoms with Crippen molar-refractivity contribution in [2.75, 3.05) is 6.54 Å². The van der Waals surface area contributed by atoms with Crippen molar-refractivity contribution in [3.63, 3.8) is 0 Å². The van der Waals surface area contributed by atoms with E-state index in [1.165, 1.54) is 47.7 Å². The lowest BCUT2D eigenvalue weighted by atomic mass is 9.75. The van der Waals surface area contributed by atoms with E-state index in [1.807, 2.05) is 0 Å². The Kier molecular flexibility index (Phi) is 6.10. The van der Waals surface area contributed by atoms with E-state index in [-0.39, 0.29) is 0 Å². The summed E-state index contributed by atoms with van der Waals surface area (Å²) in [7, 11) is 0. The van der Waals surface area contributed by atoms with Crippen molar-refractivity contribution in [2.45, 2.75) is 58.9 Å². The van der Waals surface area contributed by atoms with Gasteiger partial charge in [0, 0.05) is 10.5 Å². The maximum atomic E-state index is 3.75. The lowest BCUT2D eigenvalue weighted by Crippen LogP contribution is -2.31. The molecule has 1 aromatic carbocycles. The van der Waals surface area contributed by atoms with Crippen LogP contribution in [0, 0.1) is 18.8 Å². The van der Waals surface area contributed by atoms with E-state index in [0.717, 1.165) is 18.4 Å². The highest BCUT2D eigenvalue weighted by molar-refractivity contribution is 9.10. The summed E-state index contributed by atoms with van der Waals surface area (Å²) in [6, 6.07) is 7.27. The molecule has 0 aromatic heterocycles. The Morgan fingerprint density at radius 1 is 1.20 bits per heavy atom. The van der Waals surface area contributed by atoms with Gasteiger partial charge < -0.3 is 5.32 Å². The largest absolute Gasteiger partial charge is 0.310 e. The molecule has 0 spiro atoms. The first-order valence-electron chi connectivity index (χ1n) is 8.15. The molecule has 1 saturated carbocycles. The van der Waals surface area contributed by atoms with E-state index in [1.54, 1.807) is 0 Å². The predicted molar refractivity (Wildman–Crippen MR) is 91.0 cm³/mol. The molecule has 1 aliphatic rings. The van der Waals surface area contributed by atoms with Crippen molar-refractivity contribution in [1.29, 1.82) is 0 Å². The SMILES string of the molecule is CCNC(c1ccc(Br)cc1C)C1CCC(CC)CC1. The van der Waals surface area contributed by atoms with E-state index in [0.29, 0.717) is 6.04 Å². The lowest BCUT2D eigenvalue weighted by molar-refractivity contribution is 0.220. The third-order valence-corrected chi connectivity index (χ3v) is 5.42. The summed E-state index contributed by atoms with van der Waals surface area (Å²) in [5.41, 5.74) is 2.90. The van der Waals surface area contributed by atoms with Gasteiger partial charge in [-0.15, -0.1) is 0 Å². The first-order chi connectivity index (χ1) is 9.65. The average Bonchev–Trinajstić information content (AvgIpc) is 2.46. The van der Waals surface area contributed by atoms with Gasteiger partial charge in [0.05, 0.1) is 0 Å². The molecule has 20 heavy (non-hydrogen) atoms. The molecule has 0 amide bonds. The van der Waals surface area contributed by atoms with Gasteiger partial charge in [0.15, 0.2) is 0 Å². The molecular weight excluding hydrogens is 310 g/mol. The zero-order valence-electron chi connectivity index (χ0n) is 13.1. The van der Waals surface area contributed by atoms with Crippen molar-refractivity contribution in [2.24, 2.45) is 11.8 Å². The second-order valence-corrected chi connectivity index (χ2v) is 7.14. The van der Waals surface area contributed by atoms with Crippen LogP contribution < -0.4 is 5.32 Å². The second kappa shape index (κ2) is 7.61. The van der Waals surface area contributed by atoms with Crippen molar-refractivity contribution >= 4 is 15.9 Å². The quantitative estimate of drug-likeness (QED) is 0.734. The van der Waals surface area contributed by atoms with Crippen LogP contribution in [0.25, 0.3) is 0 Å². The number of halogens is 1. The summed E-state index contributed by atoms with van der Waals surface area (Å²) in [5.74, 6) is 1.78. The van der Waals surface area contributed by atoms with E-state index in [9.17, 15) is 0 Å². The van der Waals surface area contributed by atoms with Gasteiger partial charge in [0.1, 0.15) is 0 Å². The molecule has 1 nitrogen and oxygen atoms in total. The molecule has 1 aromatic rings. The topological polar surface area (TPSA) is 12.0 Å². The van der Waals surface area contributed by atoms with Gasteiger partial charge in [-0.1, -0.05) is 55.1 Å². The van der Waals surface area contributed by atoms with E-state index in [2.05, 4.69) is 60.2 Å². The summed E-state index contributed by atoms with van der Waals surface area (Å²) in [4.78, 5) is 0. The van der Waals surface area contributed by atoms with Crippen LogP contribution in [0.15, 0.2) is 22.7 Å². The van der Waals surface area contributed by atoms with Gasteiger partial charge in [0.25, 0.3) is 0 Å². The first-order valence-corrected chi connectivity index (χ1v) is 8.94. The van der Waals surface area contributed by atoms with E-state index < -0.39 is 0 Å². The number of hydrogen-bond donors (Lipinski definition) is 1. The number of rotatable bonds is 5. The fraction of sp³-hybridized carbons (Fsp3) is 0.667. The molecule has 2 heteroatoms. The summed E-state index contributed by atoms with van der Waals surface area (Å²) >= 11 is 3.58. The number of nitrogens with one attached hydrogen (secondary N) is 1. The van der Waals surface area contributed by atoms with Crippen LogP contribution in [0.3, 0.4) is 0 Å². The Hall–Kier alpha value is -0.340. The minimum atomic E-state index is 0.533. The van der Waals surface area contributed by atoms with Gasteiger partial charge in [-0.05, 0) is 61.4 Å². The van der Waals surface area contributed by atoms with Crippen LogP contribution in [0.1, 0.15) is 63.1 Å². The van der Waals surface area contributed by atoms with Crippen LogP contribution in [0.4, 0.5) is 0 Å². The summed E-state index contributed by atoms with van der Waals surface area (Å²) in [6.45, 7) is 7.85. The maximum Gasteiger partial charge on any atom is 0.0351 e. The molecular formula is C18H28BrN. The smallest absolute Gasteiger partial charge is 0.0351 e. The summed E-state index contributed by atoms with van der Waals surface area (Å²) < 4.78 is 1.18. The van der Waals surface area contributed by atoms with Crippen LogP contribution in [-0.2, 0) is 0 Å².